The number of hydrogen-bond acceptors (Lipinski definition) is 5. The fourth-order valence-corrected chi connectivity index (χ4v) is 6.64. The normalized spacial score (nSPS) is 14.3. The Morgan fingerprint density at radius 2 is 1.61 bits per heavy atom. The molecule has 0 unspecified atom stereocenters. The van der Waals surface area contributed by atoms with Gasteiger partial charge in [0.2, 0.25) is 11.8 Å². The Hall–Kier alpha value is -3.27. The first-order valence-corrected chi connectivity index (χ1v) is 15.5. The standard InChI is InChI=1S/C30H33Cl2N3O5S/c1-21(30(37)33-25-10-3-4-11-25)34(19-22-7-5-8-23(31)17-22)29(36)20-35(26-12-6-9-24(32)18-26)41(38,39)28-15-13-27(40-2)14-16-28/h5-9,12-18,21,25H,3-4,10-11,19-20H2,1-2H3,(H,33,37)/t21-/m0/s1. The van der Waals surface area contributed by atoms with Gasteiger partial charge >= 0.3 is 0 Å². The number of carbonyl (C=O) groups excluding carboxylic acids is 2. The number of nitrogens with one attached hydrogen (secondary N) is 1. The van der Waals surface area contributed by atoms with Gasteiger partial charge in [-0.15, -0.1) is 0 Å². The minimum Gasteiger partial charge on any atom is -0.497 e. The second-order valence-corrected chi connectivity index (χ2v) is 12.7. The third kappa shape index (κ3) is 7.72. The molecule has 0 aromatic heterocycles. The molecule has 0 aliphatic heterocycles. The van der Waals surface area contributed by atoms with E-state index in [2.05, 4.69) is 5.32 Å². The first-order chi connectivity index (χ1) is 19.6. The van der Waals surface area contributed by atoms with E-state index in [9.17, 15) is 18.0 Å². The van der Waals surface area contributed by atoms with Crippen LogP contribution in [0, 0.1) is 0 Å². The topological polar surface area (TPSA) is 96.0 Å². The third-order valence-corrected chi connectivity index (χ3v) is 9.39. The molecule has 0 bridgehead atoms. The van der Waals surface area contributed by atoms with Gasteiger partial charge < -0.3 is 15.0 Å². The molecule has 0 saturated heterocycles. The van der Waals surface area contributed by atoms with Gasteiger partial charge in [0, 0.05) is 22.6 Å². The van der Waals surface area contributed by atoms with Crippen LogP contribution in [-0.4, -0.2) is 50.9 Å². The van der Waals surface area contributed by atoms with Crippen molar-refractivity contribution in [2.45, 2.75) is 56.1 Å². The maximum Gasteiger partial charge on any atom is 0.264 e. The Morgan fingerprint density at radius 1 is 0.976 bits per heavy atom. The number of methoxy groups -OCH3 is 1. The van der Waals surface area contributed by atoms with Gasteiger partial charge in [-0.2, -0.15) is 0 Å². The number of anilines is 1. The molecule has 1 atom stereocenters. The number of benzene rings is 3. The van der Waals surface area contributed by atoms with Crippen LogP contribution in [0.3, 0.4) is 0 Å². The number of nitrogens with zero attached hydrogens (tertiary/aromatic N) is 2. The largest absolute Gasteiger partial charge is 0.497 e. The summed E-state index contributed by atoms with van der Waals surface area (Å²) >= 11 is 12.4. The van der Waals surface area contributed by atoms with Crippen molar-refractivity contribution >= 4 is 50.7 Å². The fraction of sp³-hybridized carbons (Fsp3) is 0.333. The summed E-state index contributed by atoms with van der Waals surface area (Å²) in [7, 11) is -2.73. The van der Waals surface area contributed by atoms with Crippen LogP contribution in [0.15, 0.2) is 77.7 Å². The van der Waals surface area contributed by atoms with Crippen molar-refractivity contribution in [1.29, 1.82) is 0 Å². The van der Waals surface area contributed by atoms with Gasteiger partial charge in [-0.3, -0.25) is 13.9 Å². The first kappa shape index (κ1) is 30.7. The van der Waals surface area contributed by atoms with Gasteiger partial charge in [0.15, 0.2) is 0 Å². The molecule has 0 spiro atoms. The summed E-state index contributed by atoms with van der Waals surface area (Å²) in [6.45, 7) is 1.15. The summed E-state index contributed by atoms with van der Waals surface area (Å²) in [6.07, 6.45) is 3.87. The summed E-state index contributed by atoms with van der Waals surface area (Å²) < 4.78 is 34.0. The third-order valence-electron chi connectivity index (χ3n) is 7.13. The average molecular weight is 619 g/mol. The number of hydrogen-bond donors (Lipinski definition) is 1. The van der Waals surface area contributed by atoms with E-state index in [4.69, 9.17) is 27.9 Å². The zero-order chi connectivity index (χ0) is 29.6. The Bertz CT molecular complexity index is 1480. The van der Waals surface area contributed by atoms with Gasteiger partial charge in [-0.1, -0.05) is 54.2 Å². The molecule has 4 rings (SSSR count). The highest BCUT2D eigenvalue weighted by Gasteiger charge is 2.33. The Labute approximate surface area is 251 Å². The van der Waals surface area contributed by atoms with Crippen molar-refractivity contribution in [2.75, 3.05) is 18.0 Å². The summed E-state index contributed by atoms with van der Waals surface area (Å²) in [5.74, 6) is -0.361. The predicted molar refractivity (Wildman–Crippen MR) is 161 cm³/mol. The SMILES string of the molecule is COc1ccc(S(=O)(=O)N(CC(=O)N(Cc2cccc(Cl)c2)[C@@H](C)C(=O)NC2CCCC2)c2cccc(Cl)c2)cc1. The maximum atomic E-state index is 14.0. The number of halogens is 2. The second-order valence-electron chi connectivity index (χ2n) is 9.98. The molecule has 1 aliphatic carbocycles. The van der Waals surface area contributed by atoms with Crippen LogP contribution in [0.25, 0.3) is 0 Å². The molecule has 3 aromatic carbocycles. The molecule has 0 heterocycles. The van der Waals surface area contributed by atoms with E-state index < -0.39 is 28.5 Å². The lowest BCUT2D eigenvalue weighted by Crippen LogP contribution is -2.52. The summed E-state index contributed by atoms with van der Waals surface area (Å²) in [5.41, 5.74) is 0.922. The molecule has 1 aliphatic rings. The molecule has 1 saturated carbocycles. The quantitative estimate of drug-likeness (QED) is 0.299. The van der Waals surface area contributed by atoms with Crippen LogP contribution in [0.4, 0.5) is 5.69 Å². The van der Waals surface area contributed by atoms with Gasteiger partial charge in [0.1, 0.15) is 18.3 Å². The van der Waals surface area contributed by atoms with Crippen LogP contribution in [-0.2, 0) is 26.2 Å². The highest BCUT2D eigenvalue weighted by atomic mass is 35.5. The van der Waals surface area contributed by atoms with Crippen molar-refractivity contribution in [2.24, 2.45) is 0 Å². The Kier molecular flexibility index (Phi) is 10.2. The van der Waals surface area contributed by atoms with Crippen LogP contribution in [0.1, 0.15) is 38.2 Å². The lowest BCUT2D eigenvalue weighted by molar-refractivity contribution is -0.139. The van der Waals surface area contributed by atoms with Crippen molar-refractivity contribution in [3.05, 3.63) is 88.4 Å². The fourth-order valence-electron chi connectivity index (χ4n) is 4.84. The molecule has 3 aromatic rings. The van der Waals surface area contributed by atoms with Gasteiger partial charge in [-0.05, 0) is 79.9 Å². The number of sulfonamides is 1. The second kappa shape index (κ2) is 13.6. The smallest absolute Gasteiger partial charge is 0.264 e. The van der Waals surface area contributed by atoms with Crippen molar-refractivity contribution in [3.8, 4) is 5.75 Å². The summed E-state index contributed by atoms with van der Waals surface area (Å²) in [4.78, 5) is 28.7. The molecule has 8 nitrogen and oxygen atoms in total. The summed E-state index contributed by atoms with van der Waals surface area (Å²) in [5, 5.41) is 3.85. The Balaban J connectivity index is 1.69. The lowest BCUT2D eigenvalue weighted by Gasteiger charge is -2.32. The van der Waals surface area contributed by atoms with Crippen LogP contribution in [0.5, 0.6) is 5.75 Å². The molecular weight excluding hydrogens is 585 g/mol. The summed E-state index contributed by atoms with van der Waals surface area (Å²) in [6, 6.07) is 18.4. The molecule has 1 fully saturated rings. The minimum absolute atomic E-state index is 0.0282. The van der Waals surface area contributed by atoms with E-state index in [0.29, 0.717) is 21.4 Å². The predicted octanol–water partition coefficient (Wildman–Crippen LogP) is 5.67. The van der Waals surface area contributed by atoms with Crippen molar-refractivity contribution in [3.63, 3.8) is 0 Å². The molecule has 218 valence electrons. The maximum absolute atomic E-state index is 14.0. The van der Waals surface area contributed by atoms with E-state index in [-0.39, 0.29) is 29.1 Å². The molecular formula is C30H33Cl2N3O5S. The van der Waals surface area contributed by atoms with Gasteiger partial charge in [0.25, 0.3) is 10.0 Å². The monoisotopic (exact) mass is 617 g/mol. The molecule has 11 heteroatoms. The van der Waals surface area contributed by atoms with Crippen LogP contribution >= 0.6 is 23.2 Å². The number of ether oxygens (including phenoxy) is 1. The first-order valence-electron chi connectivity index (χ1n) is 13.3. The van der Waals surface area contributed by atoms with E-state index in [1.165, 1.54) is 42.3 Å². The van der Waals surface area contributed by atoms with Gasteiger partial charge in [0.05, 0.1) is 17.7 Å². The van der Waals surface area contributed by atoms with E-state index >= 15 is 0 Å². The van der Waals surface area contributed by atoms with Crippen molar-refractivity contribution in [1.82, 2.24) is 10.2 Å². The van der Waals surface area contributed by atoms with Crippen LogP contribution < -0.4 is 14.4 Å². The molecule has 2 amide bonds. The van der Waals surface area contributed by atoms with Crippen LogP contribution in [0.2, 0.25) is 10.0 Å². The van der Waals surface area contributed by atoms with E-state index in [1.807, 2.05) is 0 Å². The molecule has 0 radical (unpaired) electrons. The number of carbonyl (C=O) groups is 2. The number of rotatable bonds is 11. The average Bonchev–Trinajstić information content (AvgIpc) is 3.47. The van der Waals surface area contributed by atoms with Crippen molar-refractivity contribution < 1.29 is 22.7 Å². The van der Waals surface area contributed by atoms with E-state index in [0.717, 1.165) is 30.0 Å². The molecule has 1 N–H and O–H groups in total. The highest BCUT2D eigenvalue weighted by Crippen LogP contribution is 2.28. The van der Waals surface area contributed by atoms with E-state index in [1.54, 1.807) is 49.4 Å². The lowest BCUT2D eigenvalue weighted by atomic mass is 10.1. The van der Waals surface area contributed by atoms with Gasteiger partial charge in [-0.25, -0.2) is 8.42 Å². The number of amides is 2. The Morgan fingerprint density at radius 3 is 2.22 bits per heavy atom. The minimum atomic E-state index is -4.22. The zero-order valence-electron chi connectivity index (χ0n) is 22.9. The zero-order valence-corrected chi connectivity index (χ0v) is 25.3. The molecule has 41 heavy (non-hydrogen) atoms. The highest BCUT2D eigenvalue weighted by molar-refractivity contribution is 7.92.